The van der Waals surface area contributed by atoms with Crippen LogP contribution in [0.5, 0.6) is 0 Å². The SMILES string of the molecule is Cc1ccc(C2C(=O)c3ccc(Cl)cc3C2=O)nc1. The van der Waals surface area contributed by atoms with Crippen LogP contribution in [0.25, 0.3) is 0 Å². The van der Waals surface area contributed by atoms with Gasteiger partial charge in [-0.2, -0.15) is 0 Å². The molecule has 1 unspecified atom stereocenters. The second kappa shape index (κ2) is 4.28. The van der Waals surface area contributed by atoms with Gasteiger partial charge in [-0.15, -0.1) is 0 Å². The van der Waals surface area contributed by atoms with Gasteiger partial charge < -0.3 is 0 Å². The third-order valence-electron chi connectivity index (χ3n) is 3.27. The van der Waals surface area contributed by atoms with E-state index < -0.39 is 5.92 Å². The summed E-state index contributed by atoms with van der Waals surface area (Å²) in [6, 6.07) is 8.34. The van der Waals surface area contributed by atoms with Crippen LogP contribution in [-0.4, -0.2) is 16.6 Å². The number of benzene rings is 1. The van der Waals surface area contributed by atoms with E-state index in [0.717, 1.165) is 5.56 Å². The minimum atomic E-state index is -0.825. The van der Waals surface area contributed by atoms with Crippen molar-refractivity contribution in [1.29, 1.82) is 0 Å². The number of fused-ring (bicyclic) bond motifs is 1. The lowest BCUT2D eigenvalue weighted by atomic mass is 9.99. The minimum absolute atomic E-state index is 0.201. The van der Waals surface area contributed by atoms with Gasteiger partial charge in [-0.05, 0) is 36.8 Å². The Labute approximate surface area is 115 Å². The Hall–Kier alpha value is -2.00. The van der Waals surface area contributed by atoms with Crippen molar-refractivity contribution in [2.24, 2.45) is 0 Å². The van der Waals surface area contributed by atoms with Crippen molar-refractivity contribution in [1.82, 2.24) is 4.98 Å². The van der Waals surface area contributed by atoms with E-state index in [0.29, 0.717) is 21.8 Å². The average molecular weight is 272 g/mol. The number of aryl methyl sites for hydroxylation is 1. The van der Waals surface area contributed by atoms with Crippen molar-refractivity contribution in [3.8, 4) is 0 Å². The Morgan fingerprint density at radius 1 is 1.05 bits per heavy atom. The highest BCUT2D eigenvalue weighted by Gasteiger charge is 2.40. The minimum Gasteiger partial charge on any atom is -0.293 e. The van der Waals surface area contributed by atoms with Crippen LogP contribution in [0.4, 0.5) is 0 Å². The van der Waals surface area contributed by atoms with E-state index in [2.05, 4.69) is 4.98 Å². The molecule has 1 aromatic heterocycles. The topological polar surface area (TPSA) is 47.0 Å². The number of carbonyl (C=O) groups excluding carboxylic acids is 2. The molecule has 19 heavy (non-hydrogen) atoms. The molecule has 1 atom stereocenters. The Morgan fingerprint density at radius 2 is 1.79 bits per heavy atom. The van der Waals surface area contributed by atoms with E-state index in [-0.39, 0.29) is 11.6 Å². The molecule has 0 saturated carbocycles. The quantitative estimate of drug-likeness (QED) is 0.748. The molecule has 0 N–H and O–H groups in total. The lowest BCUT2D eigenvalue weighted by molar-refractivity contribution is 0.0888. The smallest absolute Gasteiger partial charge is 0.180 e. The summed E-state index contributed by atoms with van der Waals surface area (Å²) in [5.41, 5.74) is 2.31. The number of pyridine rings is 1. The molecular weight excluding hydrogens is 262 g/mol. The van der Waals surface area contributed by atoms with Crippen LogP contribution in [0, 0.1) is 6.92 Å². The molecule has 0 radical (unpaired) electrons. The summed E-state index contributed by atoms with van der Waals surface area (Å²) in [5, 5.41) is 0.456. The third-order valence-corrected chi connectivity index (χ3v) is 3.50. The molecule has 0 spiro atoms. The molecule has 0 amide bonds. The number of hydrogen-bond donors (Lipinski definition) is 0. The first-order valence-corrected chi connectivity index (χ1v) is 6.26. The number of ketones is 2. The molecule has 94 valence electrons. The van der Waals surface area contributed by atoms with Crippen molar-refractivity contribution >= 4 is 23.2 Å². The summed E-state index contributed by atoms with van der Waals surface area (Å²) < 4.78 is 0. The first kappa shape index (κ1) is 12.1. The first-order valence-electron chi connectivity index (χ1n) is 5.88. The second-order valence-corrected chi connectivity index (χ2v) is 5.05. The Bertz CT molecular complexity index is 692. The lowest BCUT2D eigenvalue weighted by Gasteiger charge is -2.05. The molecule has 4 heteroatoms. The molecule has 0 saturated heterocycles. The molecule has 1 heterocycles. The van der Waals surface area contributed by atoms with Gasteiger partial charge in [-0.1, -0.05) is 17.7 Å². The maximum atomic E-state index is 12.3. The predicted molar refractivity (Wildman–Crippen MR) is 71.8 cm³/mol. The fraction of sp³-hybridized carbons (Fsp3) is 0.133. The van der Waals surface area contributed by atoms with Gasteiger partial charge >= 0.3 is 0 Å². The summed E-state index contributed by atoms with van der Waals surface area (Å²) in [4.78, 5) is 28.8. The van der Waals surface area contributed by atoms with Crippen LogP contribution in [0.1, 0.15) is 37.9 Å². The van der Waals surface area contributed by atoms with Gasteiger partial charge in [0.15, 0.2) is 11.6 Å². The van der Waals surface area contributed by atoms with E-state index >= 15 is 0 Å². The van der Waals surface area contributed by atoms with Crippen molar-refractivity contribution in [2.45, 2.75) is 12.8 Å². The maximum absolute atomic E-state index is 12.3. The zero-order valence-corrected chi connectivity index (χ0v) is 10.9. The normalized spacial score (nSPS) is 17.7. The molecule has 3 nitrogen and oxygen atoms in total. The highest BCUT2D eigenvalue weighted by Crippen LogP contribution is 2.34. The largest absolute Gasteiger partial charge is 0.293 e. The number of rotatable bonds is 1. The van der Waals surface area contributed by atoms with Crippen molar-refractivity contribution in [3.63, 3.8) is 0 Å². The fourth-order valence-electron chi connectivity index (χ4n) is 2.28. The molecule has 1 aliphatic carbocycles. The summed E-state index contributed by atoms with van der Waals surface area (Å²) in [7, 11) is 0. The van der Waals surface area contributed by atoms with Gasteiger partial charge in [0.05, 0.1) is 5.69 Å². The molecule has 0 bridgehead atoms. The van der Waals surface area contributed by atoms with Gasteiger partial charge in [0.25, 0.3) is 0 Å². The third kappa shape index (κ3) is 1.87. The lowest BCUT2D eigenvalue weighted by Crippen LogP contribution is -2.14. The zero-order valence-electron chi connectivity index (χ0n) is 10.2. The summed E-state index contributed by atoms with van der Waals surface area (Å²) in [5.74, 6) is -1.25. The molecule has 1 aromatic carbocycles. The maximum Gasteiger partial charge on any atom is 0.180 e. The Morgan fingerprint density at radius 3 is 2.47 bits per heavy atom. The van der Waals surface area contributed by atoms with Crippen molar-refractivity contribution in [3.05, 3.63) is 63.9 Å². The molecular formula is C15H10ClNO2. The fourth-order valence-corrected chi connectivity index (χ4v) is 2.46. The summed E-state index contributed by atoms with van der Waals surface area (Å²) in [6.07, 6.45) is 1.66. The highest BCUT2D eigenvalue weighted by molar-refractivity contribution is 6.34. The number of carbonyl (C=O) groups is 2. The van der Waals surface area contributed by atoms with Crippen LogP contribution >= 0.6 is 11.6 Å². The zero-order chi connectivity index (χ0) is 13.6. The molecule has 3 rings (SSSR count). The van der Waals surface area contributed by atoms with Gasteiger partial charge in [0.1, 0.15) is 5.92 Å². The van der Waals surface area contributed by atoms with Crippen molar-refractivity contribution < 1.29 is 9.59 Å². The standard InChI is InChI=1S/C15H10ClNO2/c1-8-2-5-12(17-7-8)13-14(18)10-4-3-9(16)6-11(10)15(13)19/h2-7,13H,1H3. The van der Waals surface area contributed by atoms with Gasteiger partial charge in [0.2, 0.25) is 0 Å². The van der Waals surface area contributed by atoms with E-state index in [1.165, 1.54) is 0 Å². The average Bonchev–Trinajstić information content (AvgIpc) is 2.63. The van der Waals surface area contributed by atoms with E-state index in [1.807, 2.05) is 13.0 Å². The molecule has 0 aliphatic heterocycles. The summed E-state index contributed by atoms with van der Waals surface area (Å²) in [6.45, 7) is 1.91. The van der Waals surface area contributed by atoms with E-state index in [9.17, 15) is 9.59 Å². The number of halogens is 1. The number of aromatic nitrogens is 1. The Balaban J connectivity index is 2.10. The first-order chi connectivity index (χ1) is 9.08. The van der Waals surface area contributed by atoms with Crippen LogP contribution < -0.4 is 0 Å². The van der Waals surface area contributed by atoms with Gasteiger partial charge in [-0.25, -0.2) is 0 Å². The molecule has 2 aromatic rings. The Kier molecular flexibility index (Phi) is 2.72. The van der Waals surface area contributed by atoms with E-state index in [1.54, 1.807) is 30.5 Å². The van der Waals surface area contributed by atoms with Crippen LogP contribution in [0.3, 0.4) is 0 Å². The predicted octanol–water partition coefficient (Wildman–Crippen LogP) is 3.21. The van der Waals surface area contributed by atoms with Crippen LogP contribution in [0.2, 0.25) is 5.02 Å². The highest BCUT2D eigenvalue weighted by atomic mass is 35.5. The van der Waals surface area contributed by atoms with Gasteiger partial charge in [0, 0.05) is 22.3 Å². The monoisotopic (exact) mass is 271 g/mol. The van der Waals surface area contributed by atoms with Crippen molar-refractivity contribution in [2.75, 3.05) is 0 Å². The summed E-state index contributed by atoms with van der Waals surface area (Å²) >= 11 is 5.87. The molecule has 1 aliphatic rings. The molecule has 0 fully saturated rings. The van der Waals surface area contributed by atoms with E-state index in [4.69, 9.17) is 11.6 Å². The second-order valence-electron chi connectivity index (χ2n) is 4.61. The van der Waals surface area contributed by atoms with Gasteiger partial charge in [-0.3, -0.25) is 14.6 Å². The van der Waals surface area contributed by atoms with Crippen LogP contribution in [0.15, 0.2) is 36.5 Å². The number of Topliss-reactive ketones (excluding diaryl/α,β-unsaturated/α-hetero) is 2. The number of hydrogen-bond acceptors (Lipinski definition) is 3. The number of nitrogens with zero attached hydrogens (tertiary/aromatic N) is 1. The van der Waals surface area contributed by atoms with Crippen LogP contribution in [-0.2, 0) is 0 Å².